The Morgan fingerprint density at radius 1 is 1.55 bits per heavy atom. The molecule has 2 heterocycles. The average molecular weight is 280 g/mol. The van der Waals surface area contributed by atoms with E-state index >= 15 is 0 Å². The first-order valence-corrected chi connectivity index (χ1v) is 7.00. The second-order valence-corrected chi connectivity index (χ2v) is 6.13. The van der Waals surface area contributed by atoms with Gasteiger partial charge < -0.3 is 19.7 Å². The van der Waals surface area contributed by atoms with Gasteiger partial charge in [0.1, 0.15) is 6.10 Å². The van der Waals surface area contributed by atoms with Crippen molar-refractivity contribution in [2.45, 2.75) is 50.1 Å². The van der Waals surface area contributed by atoms with Crippen molar-refractivity contribution < 1.29 is 24.5 Å². The lowest BCUT2D eigenvalue weighted by Gasteiger charge is -2.24. The van der Waals surface area contributed by atoms with Crippen LogP contribution in [0.15, 0.2) is 23.8 Å². The molecule has 0 aromatic heterocycles. The van der Waals surface area contributed by atoms with E-state index in [9.17, 15) is 15.0 Å². The predicted molar refractivity (Wildman–Crippen MR) is 70.8 cm³/mol. The highest BCUT2D eigenvalue weighted by molar-refractivity contribution is 5.91. The highest BCUT2D eigenvalue weighted by atomic mass is 16.6. The lowest BCUT2D eigenvalue weighted by molar-refractivity contribution is -0.140. The average Bonchev–Trinajstić information content (AvgIpc) is 2.94. The van der Waals surface area contributed by atoms with E-state index in [0.717, 1.165) is 12.0 Å². The molecule has 2 N–H and O–H groups in total. The van der Waals surface area contributed by atoms with Gasteiger partial charge in [0.05, 0.1) is 30.3 Å². The van der Waals surface area contributed by atoms with Gasteiger partial charge in [-0.15, -0.1) is 0 Å². The molecule has 3 aliphatic rings. The van der Waals surface area contributed by atoms with E-state index in [0.29, 0.717) is 18.4 Å². The molecule has 110 valence electrons. The minimum atomic E-state index is -0.861. The molecule has 0 aromatic carbocycles. The smallest absolute Gasteiger partial charge is 0.334 e. The van der Waals surface area contributed by atoms with Crippen LogP contribution in [0.25, 0.3) is 0 Å². The van der Waals surface area contributed by atoms with Crippen molar-refractivity contribution in [3.05, 3.63) is 23.8 Å². The van der Waals surface area contributed by atoms with Crippen molar-refractivity contribution >= 4 is 5.97 Å². The second-order valence-electron chi connectivity index (χ2n) is 6.13. The number of fused-ring (bicyclic) bond motifs is 2. The SMILES string of the molecule is C=C1C(=O)O[C@H]2C[C@@]3(C)O[C@@H]3CC/C(CO)=C/[C@@H](O)[C@H]12. The van der Waals surface area contributed by atoms with Crippen LogP contribution in [-0.2, 0) is 14.3 Å². The lowest BCUT2D eigenvalue weighted by atomic mass is 9.83. The second kappa shape index (κ2) is 4.69. The van der Waals surface area contributed by atoms with E-state index in [4.69, 9.17) is 9.47 Å². The van der Waals surface area contributed by atoms with E-state index in [2.05, 4.69) is 6.58 Å². The molecule has 3 rings (SSSR count). The van der Waals surface area contributed by atoms with E-state index < -0.39 is 24.1 Å². The van der Waals surface area contributed by atoms with Gasteiger partial charge in [0.15, 0.2) is 0 Å². The third-order valence-electron chi connectivity index (χ3n) is 4.67. The summed E-state index contributed by atoms with van der Waals surface area (Å²) >= 11 is 0. The van der Waals surface area contributed by atoms with Crippen LogP contribution in [0.1, 0.15) is 26.2 Å². The number of aliphatic hydroxyl groups is 2. The van der Waals surface area contributed by atoms with Gasteiger partial charge in [0.2, 0.25) is 0 Å². The molecule has 0 unspecified atom stereocenters. The molecule has 20 heavy (non-hydrogen) atoms. The zero-order valence-electron chi connectivity index (χ0n) is 11.5. The van der Waals surface area contributed by atoms with Crippen molar-refractivity contribution in [3.8, 4) is 0 Å². The van der Waals surface area contributed by atoms with Crippen molar-refractivity contribution in [2.24, 2.45) is 5.92 Å². The highest BCUT2D eigenvalue weighted by Crippen LogP contribution is 2.47. The number of aliphatic hydroxyl groups excluding tert-OH is 2. The fourth-order valence-corrected chi connectivity index (χ4v) is 3.35. The van der Waals surface area contributed by atoms with Gasteiger partial charge in [-0.1, -0.05) is 12.7 Å². The van der Waals surface area contributed by atoms with Crippen LogP contribution in [0.2, 0.25) is 0 Å². The molecule has 0 saturated carbocycles. The summed E-state index contributed by atoms with van der Waals surface area (Å²) in [4.78, 5) is 11.7. The Balaban J connectivity index is 1.92. The first-order valence-electron chi connectivity index (χ1n) is 7.00. The van der Waals surface area contributed by atoms with E-state index in [1.165, 1.54) is 0 Å². The molecule has 2 aliphatic heterocycles. The summed E-state index contributed by atoms with van der Waals surface area (Å²) in [6.45, 7) is 5.64. The molecule has 2 fully saturated rings. The first kappa shape index (κ1) is 13.8. The molecule has 5 atom stereocenters. The normalized spacial score (nSPS) is 46.9. The summed E-state index contributed by atoms with van der Waals surface area (Å²) in [5.74, 6) is -0.901. The third kappa shape index (κ3) is 2.20. The van der Waals surface area contributed by atoms with Crippen LogP contribution in [0.4, 0.5) is 0 Å². The molecule has 0 spiro atoms. The van der Waals surface area contributed by atoms with Crippen molar-refractivity contribution in [1.29, 1.82) is 0 Å². The van der Waals surface area contributed by atoms with E-state index in [1.807, 2.05) is 6.92 Å². The molecular formula is C15H20O5. The highest BCUT2D eigenvalue weighted by Gasteiger charge is 2.56. The maximum absolute atomic E-state index is 11.7. The number of esters is 1. The summed E-state index contributed by atoms with van der Waals surface area (Å²) in [5.41, 5.74) is 0.770. The van der Waals surface area contributed by atoms with E-state index in [1.54, 1.807) is 6.08 Å². The fourth-order valence-electron chi connectivity index (χ4n) is 3.35. The lowest BCUT2D eigenvalue weighted by Crippen LogP contribution is -2.33. The number of hydrogen-bond acceptors (Lipinski definition) is 5. The topological polar surface area (TPSA) is 79.3 Å². The number of rotatable bonds is 1. The summed E-state index contributed by atoms with van der Waals surface area (Å²) in [7, 11) is 0. The molecule has 0 bridgehead atoms. The number of carbonyl (C=O) groups excluding carboxylic acids is 1. The molecule has 5 nitrogen and oxygen atoms in total. The minimum absolute atomic E-state index is 0.0981. The molecule has 1 aliphatic carbocycles. The van der Waals surface area contributed by atoms with Crippen molar-refractivity contribution in [2.75, 3.05) is 6.61 Å². The maximum Gasteiger partial charge on any atom is 0.334 e. The van der Waals surface area contributed by atoms with Gasteiger partial charge in [-0.05, 0) is 25.3 Å². The first-order chi connectivity index (χ1) is 9.44. The zero-order valence-corrected chi connectivity index (χ0v) is 11.5. The maximum atomic E-state index is 11.7. The molecule has 0 amide bonds. The number of epoxide rings is 1. The Bertz CT molecular complexity index is 483. The van der Waals surface area contributed by atoms with Crippen LogP contribution < -0.4 is 0 Å². The van der Waals surface area contributed by atoms with E-state index in [-0.39, 0.29) is 18.3 Å². The van der Waals surface area contributed by atoms with Gasteiger partial charge in [0, 0.05) is 12.0 Å². The summed E-state index contributed by atoms with van der Waals surface area (Å²) in [6, 6.07) is 0. The van der Waals surface area contributed by atoms with Crippen molar-refractivity contribution in [3.63, 3.8) is 0 Å². The third-order valence-corrected chi connectivity index (χ3v) is 4.67. The van der Waals surface area contributed by atoms with Crippen LogP contribution >= 0.6 is 0 Å². The van der Waals surface area contributed by atoms with Gasteiger partial charge in [0.25, 0.3) is 0 Å². The van der Waals surface area contributed by atoms with Crippen LogP contribution in [0, 0.1) is 5.92 Å². The van der Waals surface area contributed by atoms with Crippen molar-refractivity contribution in [1.82, 2.24) is 0 Å². The predicted octanol–water partition coefficient (Wildman–Crippen LogP) is 0.705. The Morgan fingerprint density at radius 3 is 3.00 bits per heavy atom. The van der Waals surface area contributed by atoms with Gasteiger partial charge in [-0.3, -0.25) is 0 Å². The van der Waals surface area contributed by atoms with Gasteiger partial charge >= 0.3 is 5.97 Å². The Labute approximate surface area is 117 Å². The van der Waals surface area contributed by atoms with Crippen LogP contribution in [0.3, 0.4) is 0 Å². The molecule has 0 radical (unpaired) electrons. The molecular weight excluding hydrogens is 260 g/mol. The van der Waals surface area contributed by atoms with Crippen LogP contribution in [-0.4, -0.2) is 46.7 Å². The molecule has 2 saturated heterocycles. The fraction of sp³-hybridized carbons (Fsp3) is 0.667. The Morgan fingerprint density at radius 2 is 2.30 bits per heavy atom. The zero-order chi connectivity index (χ0) is 14.5. The number of hydrogen-bond donors (Lipinski definition) is 2. The Kier molecular flexibility index (Phi) is 3.23. The quantitative estimate of drug-likeness (QED) is 0.320. The van der Waals surface area contributed by atoms with Crippen LogP contribution in [0.5, 0.6) is 0 Å². The summed E-state index contributed by atoms with van der Waals surface area (Å²) in [5, 5.41) is 19.7. The minimum Gasteiger partial charge on any atom is -0.458 e. The number of carbonyl (C=O) groups is 1. The standard InChI is InChI=1S/C15H20O5/c1-8-13-10(17)5-9(7-16)3-4-12-15(2,20-12)6-11(13)19-14(8)18/h5,10-13,16-17H,1,3-4,6-7H2,2H3/b9-5-/t10-,11+,12-,13+,15-/m1/s1. The monoisotopic (exact) mass is 280 g/mol. The number of ether oxygens (including phenoxy) is 2. The van der Waals surface area contributed by atoms with Gasteiger partial charge in [-0.2, -0.15) is 0 Å². The molecule has 0 aromatic rings. The summed E-state index contributed by atoms with van der Waals surface area (Å²) in [6.07, 6.45) is 2.56. The molecule has 5 heteroatoms. The van der Waals surface area contributed by atoms with Gasteiger partial charge in [-0.25, -0.2) is 4.79 Å². The largest absolute Gasteiger partial charge is 0.458 e. The Hall–Kier alpha value is -1.17. The summed E-state index contributed by atoms with van der Waals surface area (Å²) < 4.78 is 11.1.